The van der Waals surface area contributed by atoms with Crippen LogP contribution in [-0.2, 0) is 11.2 Å². The average molecular weight is 342 g/mol. The van der Waals surface area contributed by atoms with Crippen LogP contribution in [0.2, 0.25) is 0 Å². The van der Waals surface area contributed by atoms with Gasteiger partial charge in [0.05, 0.1) is 6.42 Å². The molecule has 3 aromatic rings. The Hall–Kier alpha value is -3.10. The van der Waals surface area contributed by atoms with Crippen molar-refractivity contribution in [3.63, 3.8) is 0 Å². The molecule has 0 saturated heterocycles. The van der Waals surface area contributed by atoms with Crippen LogP contribution in [0.1, 0.15) is 17.4 Å². The normalized spacial score (nSPS) is 12.8. The Morgan fingerprint density at radius 2 is 2.00 bits per heavy atom. The van der Waals surface area contributed by atoms with Crippen LogP contribution >= 0.6 is 0 Å². The van der Waals surface area contributed by atoms with Crippen LogP contribution in [0.5, 0.6) is 11.5 Å². The van der Waals surface area contributed by atoms with Gasteiger partial charge in [-0.15, -0.1) is 0 Å². The van der Waals surface area contributed by atoms with E-state index < -0.39 is 6.29 Å². The van der Waals surface area contributed by atoms with Gasteiger partial charge in [0.15, 0.2) is 23.4 Å². The Kier molecular flexibility index (Phi) is 3.75. The number of oxazole rings is 1. The summed E-state index contributed by atoms with van der Waals surface area (Å²) in [6, 6.07) is 9.89. The lowest BCUT2D eigenvalue weighted by molar-refractivity contribution is -0.115. The molecule has 0 radical (unpaired) electrons. The molecule has 128 valence electrons. The molecule has 0 aliphatic carbocycles. The number of anilines is 1. The SMILES string of the molecule is O=C(Cc1ccc2c(c1)OCO2)Nc1nc2cc(C(O)O)ccc2o1. The van der Waals surface area contributed by atoms with E-state index in [9.17, 15) is 15.0 Å². The quantitative estimate of drug-likeness (QED) is 0.619. The van der Waals surface area contributed by atoms with Crippen LogP contribution < -0.4 is 14.8 Å². The molecule has 0 unspecified atom stereocenters. The topological polar surface area (TPSA) is 114 Å². The van der Waals surface area contributed by atoms with Crippen molar-refractivity contribution in [1.82, 2.24) is 4.98 Å². The number of carbonyl (C=O) groups is 1. The van der Waals surface area contributed by atoms with Crippen LogP contribution in [0, 0.1) is 0 Å². The van der Waals surface area contributed by atoms with Gasteiger partial charge in [-0.25, -0.2) is 0 Å². The van der Waals surface area contributed by atoms with Crippen molar-refractivity contribution >= 4 is 23.0 Å². The molecule has 3 N–H and O–H groups in total. The van der Waals surface area contributed by atoms with Gasteiger partial charge in [0.2, 0.25) is 12.7 Å². The van der Waals surface area contributed by atoms with Crippen molar-refractivity contribution in [3.8, 4) is 11.5 Å². The number of hydrogen-bond acceptors (Lipinski definition) is 7. The third-order valence-corrected chi connectivity index (χ3v) is 3.76. The first kappa shape index (κ1) is 15.4. The first-order chi connectivity index (χ1) is 12.1. The number of nitrogens with one attached hydrogen (secondary N) is 1. The van der Waals surface area contributed by atoms with Crippen molar-refractivity contribution in [1.29, 1.82) is 0 Å². The fourth-order valence-corrected chi connectivity index (χ4v) is 2.56. The molecule has 0 saturated carbocycles. The summed E-state index contributed by atoms with van der Waals surface area (Å²) >= 11 is 0. The highest BCUT2D eigenvalue weighted by Gasteiger charge is 2.16. The van der Waals surface area contributed by atoms with Crippen molar-refractivity contribution in [3.05, 3.63) is 47.5 Å². The maximum absolute atomic E-state index is 12.2. The number of rotatable bonds is 4. The van der Waals surface area contributed by atoms with Gasteiger partial charge in [0.25, 0.3) is 0 Å². The van der Waals surface area contributed by atoms with E-state index in [0.29, 0.717) is 28.2 Å². The minimum absolute atomic E-state index is 0.0466. The van der Waals surface area contributed by atoms with E-state index in [2.05, 4.69) is 10.3 Å². The number of benzene rings is 2. The Morgan fingerprint density at radius 1 is 1.16 bits per heavy atom. The van der Waals surface area contributed by atoms with Crippen molar-refractivity contribution in [2.45, 2.75) is 12.7 Å². The zero-order valence-corrected chi connectivity index (χ0v) is 12.9. The maximum Gasteiger partial charge on any atom is 0.302 e. The van der Waals surface area contributed by atoms with Crippen molar-refractivity contribution < 1.29 is 28.9 Å². The molecule has 1 aliphatic heterocycles. The Labute approximate surface area is 141 Å². The summed E-state index contributed by atoms with van der Waals surface area (Å²) in [5.74, 6) is 0.972. The summed E-state index contributed by atoms with van der Waals surface area (Å²) < 4.78 is 15.9. The number of aliphatic hydroxyl groups excluding tert-OH is 1. The second-order valence-corrected chi connectivity index (χ2v) is 5.53. The van der Waals surface area contributed by atoms with Crippen LogP contribution in [0.3, 0.4) is 0 Å². The monoisotopic (exact) mass is 342 g/mol. The Bertz CT molecular complexity index is 949. The predicted octanol–water partition coefficient (Wildman–Crippen LogP) is 1.72. The van der Waals surface area contributed by atoms with E-state index in [1.807, 2.05) is 0 Å². The highest BCUT2D eigenvalue weighted by atomic mass is 16.7. The van der Waals surface area contributed by atoms with E-state index in [4.69, 9.17) is 13.9 Å². The molecule has 25 heavy (non-hydrogen) atoms. The number of fused-ring (bicyclic) bond motifs is 2. The molecule has 1 aliphatic rings. The fraction of sp³-hybridized carbons (Fsp3) is 0.176. The number of carbonyl (C=O) groups excluding carboxylic acids is 1. The first-order valence-electron chi connectivity index (χ1n) is 7.53. The zero-order valence-electron chi connectivity index (χ0n) is 12.9. The van der Waals surface area contributed by atoms with E-state index in [1.165, 1.54) is 12.1 Å². The minimum atomic E-state index is -1.59. The molecule has 1 amide bonds. The largest absolute Gasteiger partial charge is 0.454 e. The third kappa shape index (κ3) is 3.12. The minimum Gasteiger partial charge on any atom is -0.454 e. The number of nitrogens with zero attached hydrogens (tertiary/aromatic N) is 1. The lowest BCUT2D eigenvalue weighted by Crippen LogP contribution is -2.14. The van der Waals surface area contributed by atoms with Gasteiger partial charge in [0.1, 0.15) is 5.52 Å². The zero-order chi connectivity index (χ0) is 17.4. The summed E-state index contributed by atoms with van der Waals surface area (Å²) in [4.78, 5) is 16.3. The number of aromatic nitrogens is 1. The molecule has 8 nitrogen and oxygen atoms in total. The van der Waals surface area contributed by atoms with E-state index >= 15 is 0 Å². The molecule has 4 rings (SSSR count). The summed E-state index contributed by atoms with van der Waals surface area (Å²) in [5, 5.41) is 20.9. The standard InChI is InChI=1S/C17H14N2O6/c20-15(6-9-1-3-13-14(5-9)24-8-23-13)19-17-18-11-7-10(16(21)22)2-4-12(11)25-17/h1-5,7,16,21-22H,6,8H2,(H,18,19,20). The lowest BCUT2D eigenvalue weighted by atomic mass is 10.1. The van der Waals surface area contributed by atoms with E-state index in [-0.39, 0.29) is 25.1 Å². The summed E-state index contributed by atoms with van der Waals surface area (Å²) in [6.07, 6.45) is -1.47. The third-order valence-electron chi connectivity index (χ3n) is 3.76. The lowest BCUT2D eigenvalue weighted by Gasteiger charge is -2.02. The average Bonchev–Trinajstić information content (AvgIpc) is 3.18. The molecule has 2 heterocycles. The van der Waals surface area contributed by atoms with E-state index in [0.717, 1.165) is 5.56 Å². The van der Waals surface area contributed by atoms with Gasteiger partial charge >= 0.3 is 6.01 Å². The summed E-state index contributed by atoms with van der Waals surface area (Å²) in [6.45, 7) is 0.179. The summed E-state index contributed by atoms with van der Waals surface area (Å²) in [7, 11) is 0. The molecule has 8 heteroatoms. The highest BCUT2D eigenvalue weighted by molar-refractivity contribution is 5.91. The van der Waals surface area contributed by atoms with Crippen LogP contribution in [0.15, 0.2) is 40.8 Å². The maximum atomic E-state index is 12.2. The molecule has 0 bridgehead atoms. The summed E-state index contributed by atoms with van der Waals surface area (Å²) in [5.41, 5.74) is 1.91. The van der Waals surface area contributed by atoms with Gasteiger partial charge < -0.3 is 24.1 Å². The number of amides is 1. The number of hydrogen-bond donors (Lipinski definition) is 3. The molecule has 0 fully saturated rings. The van der Waals surface area contributed by atoms with Gasteiger partial charge in [0, 0.05) is 5.56 Å². The smallest absolute Gasteiger partial charge is 0.302 e. The second-order valence-electron chi connectivity index (χ2n) is 5.53. The molecule has 0 spiro atoms. The molecular weight excluding hydrogens is 328 g/mol. The van der Waals surface area contributed by atoms with Gasteiger partial charge in [-0.1, -0.05) is 12.1 Å². The van der Waals surface area contributed by atoms with Crippen LogP contribution in [0.25, 0.3) is 11.1 Å². The first-order valence-corrected chi connectivity index (χ1v) is 7.53. The van der Waals surface area contributed by atoms with Crippen LogP contribution in [-0.4, -0.2) is 27.9 Å². The van der Waals surface area contributed by atoms with Crippen LogP contribution in [0.4, 0.5) is 6.01 Å². The fourth-order valence-electron chi connectivity index (χ4n) is 2.56. The van der Waals surface area contributed by atoms with Crippen molar-refractivity contribution in [2.75, 3.05) is 12.1 Å². The van der Waals surface area contributed by atoms with E-state index in [1.54, 1.807) is 24.3 Å². The Morgan fingerprint density at radius 3 is 2.84 bits per heavy atom. The van der Waals surface area contributed by atoms with Gasteiger partial charge in [-0.05, 0) is 29.8 Å². The number of aliphatic hydroxyl groups is 2. The highest BCUT2D eigenvalue weighted by Crippen LogP contribution is 2.32. The molecule has 0 atom stereocenters. The predicted molar refractivity (Wildman–Crippen MR) is 86.1 cm³/mol. The van der Waals surface area contributed by atoms with Crippen molar-refractivity contribution in [2.24, 2.45) is 0 Å². The molecule has 2 aromatic carbocycles. The number of ether oxygens (including phenoxy) is 2. The Balaban J connectivity index is 1.48. The molecule has 1 aromatic heterocycles. The second kappa shape index (κ2) is 6.08. The van der Waals surface area contributed by atoms with Gasteiger partial charge in [-0.2, -0.15) is 4.98 Å². The van der Waals surface area contributed by atoms with Gasteiger partial charge in [-0.3, -0.25) is 10.1 Å². The molecular formula is C17H14N2O6.